The molecule has 43 heavy (non-hydrogen) atoms. The van der Waals surface area contributed by atoms with Crippen molar-refractivity contribution in [1.29, 1.82) is 0 Å². The standard InChI is InChI=1S/C42H27N/c1-3-13-28(14-4-1)31-17-9-10-24-40(31)43(29-15-5-2-6-16-29)30-25-26-33-36-21-12-22-37-38-23-11-20-35(42(38)39(33)27-30)32-18-7-8-19-34(32)41(36)37/h1-27H. The van der Waals surface area contributed by atoms with Crippen molar-refractivity contribution < 1.29 is 0 Å². The molecule has 0 N–H and O–H groups in total. The van der Waals surface area contributed by atoms with Crippen LogP contribution in [0.1, 0.15) is 0 Å². The van der Waals surface area contributed by atoms with Crippen LogP contribution in [0.2, 0.25) is 0 Å². The number of rotatable bonds is 4. The summed E-state index contributed by atoms with van der Waals surface area (Å²) in [5, 5.41) is 0. The SMILES string of the molecule is c1ccc(-c2ccccc2N(c2ccccc2)c2ccc3c(c2)-c2c4cccc2-c2cccc-3c2-c2ccccc2-4)cc1. The van der Waals surface area contributed by atoms with Crippen molar-refractivity contribution >= 4 is 17.1 Å². The molecule has 6 bridgehead atoms. The van der Waals surface area contributed by atoms with E-state index in [4.69, 9.17) is 0 Å². The van der Waals surface area contributed by atoms with Gasteiger partial charge in [0, 0.05) is 16.9 Å². The predicted octanol–water partition coefficient (Wildman–Crippen LogP) is 11.8. The van der Waals surface area contributed by atoms with Crippen LogP contribution in [0.5, 0.6) is 0 Å². The molecule has 0 saturated heterocycles. The fourth-order valence-electron chi connectivity index (χ4n) is 7.17. The van der Waals surface area contributed by atoms with Crippen molar-refractivity contribution in [3.05, 3.63) is 164 Å². The topological polar surface area (TPSA) is 3.24 Å². The number of nitrogens with zero attached hydrogens (tertiary/aromatic N) is 1. The van der Waals surface area contributed by atoms with Crippen LogP contribution in [0.25, 0.3) is 66.8 Å². The lowest BCUT2D eigenvalue weighted by Crippen LogP contribution is -2.11. The van der Waals surface area contributed by atoms with E-state index in [2.05, 4.69) is 169 Å². The molecule has 0 saturated carbocycles. The van der Waals surface area contributed by atoms with E-state index in [0.717, 1.165) is 17.1 Å². The molecular formula is C42H27N. The highest BCUT2D eigenvalue weighted by Gasteiger charge is 2.31. The minimum absolute atomic E-state index is 1.13. The third-order valence-electron chi connectivity index (χ3n) is 8.97. The normalized spacial score (nSPS) is 11.7. The smallest absolute Gasteiger partial charge is 0.0540 e. The van der Waals surface area contributed by atoms with Crippen molar-refractivity contribution in [3.63, 3.8) is 0 Å². The quantitative estimate of drug-likeness (QED) is 0.213. The third kappa shape index (κ3) is 3.58. The van der Waals surface area contributed by atoms with Crippen LogP contribution in [-0.2, 0) is 0 Å². The number of fused-ring (bicyclic) bond motifs is 4. The molecule has 0 amide bonds. The van der Waals surface area contributed by atoms with Gasteiger partial charge in [-0.3, -0.25) is 0 Å². The van der Waals surface area contributed by atoms with E-state index in [1.807, 2.05) is 0 Å². The first-order valence-electron chi connectivity index (χ1n) is 14.9. The van der Waals surface area contributed by atoms with Crippen molar-refractivity contribution in [3.8, 4) is 66.8 Å². The van der Waals surface area contributed by atoms with Gasteiger partial charge in [0.05, 0.1) is 5.69 Å². The fraction of sp³-hybridized carbons (Fsp3) is 0. The minimum Gasteiger partial charge on any atom is -0.310 e. The van der Waals surface area contributed by atoms with E-state index < -0.39 is 0 Å². The first-order chi connectivity index (χ1) is 21.4. The Morgan fingerprint density at radius 1 is 0.279 bits per heavy atom. The molecule has 9 rings (SSSR count). The predicted molar refractivity (Wildman–Crippen MR) is 181 cm³/mol. The van der Waals surface area contributed by atoms with E-state index in [-0.39, 0.29) is 0 Å². The number of benzene rings is 7. The molecule has 7 aromatic carbocycles. The van der Waals surface area contributed by atoms with Crippen molar-refractivity contribution in [2.75, 3.05) is 4.90 Å². The number of para-hydroxylation sites is 2. The van der Waals surface area contributed by atoms with Crippen LogP contribution in [-0.4, -0.2) is 0 Å². The zero-order valence-corrected chi connectivity index (χ0v) is 23.5. The van der Waals surface area contributed by atoms with E-state index in [1.165, 1.54) is 66.8 Å². The highest BCUT2D eigenvalue weighted by molar-refractivity contribution is 6.15. The number of anilines is 3. The Bertz CT molecular complexity index is 2150. The van der Waals surface area contributed by atoms with E-state index >= 15 is 0 Å². The zero-order chi connectivity index (χ0) is 28.3. The van der Waals surface area contributed by atoms with Crippen LogP contribution in [0.15, 0.2) is 164 Å². The first kappa shape index (κ1) is 24.0. The van der Waals surface area contributed by atoms with Gasteiger partial charge in [-0.1, -0.05) is 133 Å². The summed E-state index contributed by atoms with van der Waals surface area (Å²) in [5.41, 5.74) is 18.9. The maximum absolute atomic E-state index is 2.42. The summed E-state index contributed by atoms with van der Waals surface area (Å²) in [4.78, 5) is 2.41. The van der Waals surface area contributed by atoms with E-state index in [1.54, 1.807) is 0 Å². The monoisotopic (exact) mass is 545 g/mol. The molecule has 0 unspecified atom stereocenters. The Morgan fingerprint density at radius 2 is 0.767 bits per heavy atom. The first-order valence-corrected chi connectivity index (χ1v) is 14.9. The highest BCUT2D eigenvalue weighted by Crippen LogP contribution is 2.57. The van der Waals surface area contributed by atoms with Gasteiger partial charge in [0.25, 0.3) is 0 Å². The summed E-state index contributed by atoms with van der Waals surface area (Å²) in [6.07, 6.45) is 0. The molecule has 7 aromatic rings. The Labute approximate surface area is 252 Å². The minimum atomic E-state index is 1.13. The van der Waals surface area contributed by atoms with Gasteiger partial charge < -0.3 is 4.90 Å². The Kier molecular flexibility index (Phi) is 5.27. The van der Waals surface area contributed by atoms with Crippen LogP contribution < -0.4 is 4.90 Å². The highest BCUT2D eigenvalue weighted by atomic mass is 15.1. The summed E-state index contributed by atoms with van der Waals surface area (Å²) >= 11 is 0. The maximum Gasteiger partial charge on any atom is 0.0540 e. The maximum atomic E-state index is 2.42. The lowest BCUT2D eigenvalue weighted by molar-refractivity contribution is 1.28. The molecular weight excluding hydrogens is 518 g/mol. The Balaban J connectivity index is 1.34. The summed E-state index contributed by atoms with van der Waals surface area (Å²) in [6, 6.07) is 59.7. The summed E-state index contributed by atoms with van der Waals surface area (Å²) in [5.74, 6) is 0. The molecule has 0 aliphatic heterocycles. The van der Waals surface area contributed by atoms with Crippen LogP contribution in [0, 0.1) is 0 Å². The van der Waals surface area contributed by atoms with Gasteiger partial charge in [-0.2, -0.15) is 0 Å². The third-order valence-corrected chi connectivity index (χ3v) is 8.97. The zero-order valence-electron chi connectivity index (χ0n) is 23.5. The second kappa shape index (κ2) is 9.44. The average Bonchev–Trinajstić information content (AvgIpc) is 3.19. The molecule has 2 aliphatic carbocycles. The van der Waals surface area contributed by atoms with Crippen molar-refractivity contribution in [2.24, 2.45) is 0 Å². The fourth-order valence-corrected chi connectivity index (χ4v) is 7.17. The molecule has 2 aliphatic rings. The molecule has 0 heterocycles. The Morgan fingerprint density at radius 3 is 1.47 bits per heavy atom. The second-order valence-corrected chi connectivity index (χ2v) is 11.3. The van der Waals surface area contributed by atoms with Gasteiger partial charge in [0.15, 0.2) is 0 Å². The molecule has 200 valence electrons. The number of hydrogen-bond acceptors (Lipinski definition) is 1. The lowest BCUT2D eigenvalue weighted by Gasteiger charge is -2.29. The van der Waals surface area contributed by atoms with Gasteiger partial charge in [-0.15, -0.1) is 0 Å². The molecule has 0 aromatic heterocycles. The average molecular weight is 546 g/mol. The van der Waals surface area contributed by atoms with Crippen molar-refractivity contribution in [2.45, 2.75) is 0 Å². The molecule has 0 atom stereocenters. The molecule has 0 radical (unpaired) electrons. The van der Waals surface area contributed by atoms with Crippen molar-refractivity contribution in [1.82, 2.24) is 0 Å². The summed E-state index contributed by atoms with van der Waals surface area (Å²) in [6.45, 7) is 0. The van der Waals surface area contributed by atoms with Crippen LogP contribution in [0.3, 0.4) is 0 Å². The largest absolute Gasteiger partial charge is 0.310 e. The van der Waals surface area contributed by atoms with Crippen LogP contribution in [0.4, 0.5) is 17.1 Å². The second-order valence-electron chi connectivity index (χ2n) is 11.3. The number of hydrogen-bond donors (Lipinski definition) is 0. The lowest BCUT2D eigenvalue weighted by atomic mass is 9.83. The molecule has 1 nitrogen and oxygen atoms in total. The molecule has 1 heteroatoms. The molecule has 0 spiro atoms. The van der Waals surface area contributed by atoms with Gasteiger partial charge in [-0.25, -0.2) is 0 Å². The summed E-state index contributed by atoms with van der Waals surface area (Å²) in [7, 11) is 0. The van der Waals surface area contributed by atoms with Crippen LogP contribution >= 0.6 is 0 Å². The van der Waals surface area contributed by atoms with Gasteiger partial charge in [-0.05, 0) is 91.5 Å². The van der Waals surface area contributed by atoms with E-state index in [9.17, 15) is 0 Å². The van der Waals surface area contributed by atoms with Gasteiger partial charge in [0.1, 0.15) is 0 Å². The van der Waals surface area contributed by atoms with E-state index in [0.29, 0.717) is 0 Å². The van der Waals surface area contributed by atoms with Gasteiger partial charge in [0.2, 0.25) is 0 Å². The summed E-state index contributed by atoms with van der Waals surface area (Å²) < 4.78 is 0. The van der Waals surface area contributed by atoms with Gasteiger partial charge >= 0.3 is 0 Å². The molecule has 0 fully saturated rings. The Hall–Kier alpha value is -5.66.